The molecule has 8 heteroatoms. The van der Waals surface area contributed by atoms with E-state index in [1.807, 2.05) is 36.1 Å². The Balaban J connectivity index is 0.000000748. The van der Waals surface area contributed by atoms with Gasteiger partial charge < -0.3 is 25.0 Å². The standard InChI is InChI=1S/C31H34N2O4.C3H7NO/c1-36-28-15-9-8-14-26(28)30(34)32-27-18-19-33(20-29(27)37-2)31(35)25-17-16-22(21-10-4-3-5-11-21)23-12-6-7-13-24(23)25;1-2-4-3-5/h3-15,22,25,27,29H,16-20H2,1-2H3,(H,32,34);3H,2H2,1H3,(H,4,5)/t22-,25-,27-,29+;/m1./s1. The van der Waals surface area contributed by atoms with Crippen molar-refractivity contribution in [1.29, 1.82) is 0 Å². The maximum atomic E-state index is 13.8. The summed E-state index contributed by atoms with van der Waals surface area (Å²) < 4.78 is 11.1. The van der Waals surface area contributed by atoms with Crippen LogP contribution in [-0.4, -0.2) is 69.1 Å². The first-order chi connectivity index (χ1) is 20.5. The number of benzene rings is 3. The number of nitrogens with zero attached hydrogens (tertiary/aromatic N) is 1. The molecule has 4 atom stereocenters. The van der Waals surface area contributed by atoms with E-state index in [9.17, 15) is 14.4 Å². The molecule has 0 bridgehead atoms. The number of hydrogen-bond donors (Lipinski definition) is 2. The van der Waals surface area contributed by atoms with Crippen LogP contribution >= 0.6 is 0 Å². The second kappa shape index (κ2) is 15.2. The lowest BCUT2D eigenvalue weighted by atomic mass is 9.73. The van der Waals surface area contributed by atoms with Crippen molar-refractivity contribution in [2.75, 3.05) is 33.9 Å². The van der Waals surface area contributed by atoms with Crippen LogP contribution in [0.5, 0.6) is 5.75 Å². The Kier molecular flexibility index (Phi) is 11.1. The number of methoxy groups -OCH3 is 2. The number of para-hydroxylation sites is 1. The molecule has 5 rings (SSSR count). The third-order valence-corrected chi connectivity index (χ3v) is 8.12. The highest BCUT2D eigenvalue weighted by Gasteiger charge is 2.38. The van der Waals surface area contributed by atoms with Gasteiger partial charge in [0.25, 0.3) is 5.91 Å². The molecule has 2 N–H and O–H groups in total. The van der Waals surface area contributed by atoms with Crippen molar-refractivity contribution in [2.45, 2.75) is 50.2 Å². The van der Waals surface area contributed by atoms with Crippen LogP contribution in [0.3, 0.4) is 0 Å². The van der Waals surface area contributed by atoms with Gasteiger partial charge in [-0.2, -0.15) is 0 Å². The second-order valence-electron chi connectivity index (χ2n) is 10.5. The molecule has 0 radical (unpaired) electrons. The molecule has 3 aromatic carbocycles. The van der Waals surface area contributed by atoms with Crippen LogP contribution in [0.15, 0.2) is 78.9 Å². The Morgan fingerprint density at radius 3 is 2.26 bits per heavy atom. The minimum absolute atomic E-state index is 0.149. The molecule has 222 valence electrons. The first kappa shape index (κ1) is 30.8. The first-order valence-electron chi connectivity index (χ1n) is 14.6. The third kappa shape index (κ3) is 7.18. The molecule has 0 spiro atoms. The quantitative estimate of drug-likeness (QED) is 0.388. The predicted molar refractivity (Wildman–Crippen MR) is 163 cm³/mol. The summed E-state index contributed by atoms with van der Waals surface area (Å²) >= 11 is 0. The summed E-state index contributed by atoms with van der Waals surface area (Å²) in [4.78, 5) is 38.0. The molecule has 1 aliphatic heterocycles. The molecule has 0 aromatic heterocycles. The molecular weight excluding hydrogens is 530 g/mol. The Morgan fingerprint density at radius 1 is 0.905 bits per heavy atom. The van der Waals surface area contributed by atoms with Crippen LogP contribution in [0.2, 0.25) is 0 Å². The van der Waals surface area contributed by atoms with Crippen LogP contribution in [0.4, 0.5) is 0 Å². The van der Waals surface area contributed by atoms with E-state index >= 15 is 0 Å². The lowest BCUT2D eigenvalue weighted by Crippen LogP contribution is -2.56. The fourth-order valence-corrected chi connectivity index (χ4v) is 5.98. The van der Waals surface area contributed by atoms with E-state index in [1.165, 1.54) is 11.1 Å². The van der Waals surface area contributed by atoms with Crippen molar-refractivity contribution in [3.63, 3.8) is 0 Å². The minimum atomic E-state index is -0.285. The van der Waals surface area contributed by atoms with Gasteiger partial charge in [0.05, 0.1) is 30.7 Å². The van der Waals surface area contributed by atoms with E-state index in [2.05, 4.69) is 53.1 Å². The lowest BCUT2D eigenvalue weighted by molar-refractivity contribution is -0.137. The van der Waals surface area contributed by atoms with Crippen LogP contribution < -0.4 is 15.4 Å². The SMILES string of the molecule is CCNC=O.COc1ccccc1C(=O)N[C@@H]1CCN(C(=O)[C@@H]2CC[C@H](c3ccccc3)c3ccccc32)C[C@@H]1OC. The molecular formula is C34H41N3O5. The fraction of sp³-hybridized carbons (Fsp3) is 0.382. The lowest BCUT2D eigenvalue weighted by Gasteiger charge is -2.41. The summed E-state index contributed by atoms with van der Waals surface area (Å²) in [5.74, 6) is 0.636. The van der Waals surface area contributed by atoms with Crippen molar-refractivity contribution in [1.82, 2.24) is 15.5 Å². The zero-order valence-electron chi connectivity index (χ0n) is 24.6. The third-order valence-electron chi connectivity index (χ3n) is 8.12. The molecule has 2 aliphatic rings. The zero-order chi connectivity index (χ0) is 29.9. The summed E-state index contributed by atoms with van der Waals surface area (Å²) in [6.07, 6.45) is 2.78. The highest BCUT2D eigenvalue weighted by molar-refractivity contribution is 5.97. The van der Waals surface area contributed by atoms with Crippen molar-refractivity contribution < 1.29 is 23.9 Å². The van der Waals surface area contributed by atoms with Crippen LogP contribution in [0, 0.1) is 0 Å². The smallest absolute Gasteiger partial charge is 0.255 e. The van der Waals surface area contributed by atoms with Gasteiger partial charge in [0.15, 0.2) is 0 Å². The van der Waals surface area contributed by atoms with Gasteiger partial charge in [0.1, 0.15) is 5.75 Å². The molecule has 3 amide bonds. The van der Waals surface area contributed by atoms with E-state index in [4.69, 9.17) is 9.47 Å². The highest BCUT2D eigenvalue weighted by atomic mass is 16.5. The second-order valence-corrected chi connectivity index (χ2v) is 10.5. The van der Waals surface area contributed by atoms with Gasteiger partial charge in [-0.25, -0.2) is 0 Å². The predicted octanol–water partition coefficient (Wildman–Crippen LogP) is 4.50. The van der Waals surface area contributed by atoms with Gasteiger partial charge in [-0.05, 0) is 55.0 Å². The Hall–Kier alpha value is -4.17. The Labute approximate surface area is 248 Å². The number of likely N-dealkylation sites (tertiary alicyclic amines) is 1. The van der Waals surface area contributed by atoms with E-state index in [-0.39, 0.29) is 29.9 Å². The van der Waals surface area contributed by atoms with Gasteiger partial charge in [-0.1, -0.05) is 66.7 Å². The molecule has 0 saturated carbocycles. The number of piperidine rings is 1. The molecule has 42 heavy (non-hydrogen) atoms. The molecule has 1 heterocycles. The number of carbonyl (C=O) groups is 3. The Morgan fingerprint density at radius 2 is 1.60 bits per heavy atom. The number of fused-ring (bicyclic) bond motifs is 1. The maximum Gasteiger partial charge on any atom is 0.255 e. The van der Waals surface area contributed by atoms with Gasteiger partial charge >= 0.3 is 0 Å². The minimum Gasteiger partial charge on any atom is -0.496 e. The average Bonchev–Trinajstić information content (AvgIpc) is 3.05. The summed E-state index contributed by atoms with van der Waals surface area (Å²) in [6, 6.07) is 25.9. The van der Waals surface area contributed by atoms with Gasteiger partial charge in [-0.3, -0.25) is 14.4 Å². The molecule has 1 fully saturated rings. The van der Waals surface area contributed by atoms with Crippen LogP contribution in [0.1, 0.15) is 65.1 Å². The normalized spacial score (nSPS) is 21.2. The van der Waals surface area contributed by atoms with Crippen molar-refractivity contribution in [3.8, 4) is 5.75 Å². The van der Waals surface area contributed by atoms with Crippen molar-refractivity contribution in [2.24, 2.45) is 0 Å². The Bertz CT molecular complexity index is 1330. The van der Waals surface area contributed by atoms with E-state index in [0.29, 0.717) is 43.2 Å². The molecule has 1 aliphatic carbocycles. The van der Waals surface area contributed by atoms with Crippen LogP contribution in [-0.2, 0) is 14.3 Å². The monoisotopic (exact) mass is 571 g/mol. The van der Waals surface area contributed by atoms with Gasteiger partial charge in [0.2, 0.25) is 12.3 Å². The average molecular weight is 572 g/mol. The van der Waals surface area contributed by atoms with Crippen molar-refractivity contribution >= 4 is 18.2 Å². The zero-order valence-corrected chi connectivity index (χ0v) is 24.6. The topological polar surface area (TPSA) is 97.0 Å². The number of rotatable bonds is 8. The number of carbonyl (C=O) groups excluding carboxylic acids is 3. The van der Waals surface area contributed by atoms with Crippen LogP contribution in [0.25, 0.3) is 0 Å². The molecule has 3 aromatic rings. The summed E-state index contributed by atoms with van der Waals surface area (Å²) in [6.45, 7) is 3.63. The van der Waals surface area contributed by atoms with E-state index in [0.717, 1.165) is 24.9 Å². The fourth-order valence-electron chi connectivity index (χ4n) is 5.98. The molecule has 8 nitrogen and oxygen atoms in total. The van der Waals surface area contributed by atoms with Gasteiger partial charge in [0, 0.05) is 32.7 Å². The maximum absolute atomic E-state index is 13.8. The van der Waals surface area contributed by atoms with E-state index in [1.54, 1.807) is 26.4 Å². The first-order valence-corrected chi connectivity index (χ1v) is 14.6. The summed E-state index contributed by atoms with van der Waals surface area (Å²) in [7, 11) is 3.20. The van der Waals surface area contributed by atoms with Gasteiger partial charge in [-0.15, -0.1) is 0 Å². The summed E-state index contributed by atoms with van der Waals surface area (Å²) in [5.41, 5.74) is 4.17. The highest BCUT2D eigenvalue weighted by Crippen LogP contribution is 2.43. The number of nitrogens with one attached hydrogen (secondary N) is 2. The molecule has 0 unspecified atom stereocenters. The number of amides is 3. The largest absolute Gasteiger partial charge is 0.496 e. The number of ether oxygens (including phenoxy) is 2. The molecule has 1 saturated heterocycles. The summed E-state index contributed by atoms with van der Waals surface area (Å²) in [5, 5.41) is 5.54. The number of hydrogen-bond acceptors (Lipinski definition) is 5. The van der Waals surface area contributed by atoms with E-state index < -0.39 is 0 Å². The van der Waals surface area contributed by atoms with Crippen molar-refractivity contribution in [3.05, 3.63) is 101 Å².